The predicted octanol–water partition coefficient (Wildman–Crippen LogP) is 2.09. The van der Waals surface area contributed by atoms with Crippen LogP contribution < -0.4 is 10.6 Å². The first-order valence-electron chi connectivity index (χ1n) is 5.36. The van der Waals surface area contributed by atoms with E-state index in [9.17, 15) is 4.39 Å². The lowest BCUT2D eigenvalue weighted by molar-refractivity contribution is 0.489. The van der Waals surface area contributed by atoms with Gasteiger partial charge in [0.1, 0.15) is 5.82 Å². The summed E-state index contributed by atoms with van der Waals surface area (Å²) < 4.78 is 13.5. The van der Waals surface area contributed by atoms with Crippen molar-refractivity contribution >= 4 is 0 Å². The summed E-state index contributed by atoms with van der Waals surface area (Å²) in [5.41, 5.74) is 0.760. The van der Waals surface area contributed by atoms with Crippen LogP contribution in [0.5, 0.6) is 0 Å². The molecule has 0 aliphatic carbocycles. The molecule has 0 saturated heterocycles. The molecule has 0 aromatic heterocycles. The van der Waals surface area contributed by atoms with Gasteiger partial charge in [-0.05, 0) is 39.5 Å². The fraction of sp³-hybridized carbons (Fsp3) is 0.500. The third-order valence-corrected chi connectivity index (χ3v) is 2.55. The molecule has 1 rings (SSSR count). The summed E-state index contributed by atoms with van der Waals surface area (Å²) in [7, 11) is 3.80. The van der Waals surface area contributed by atoms with Gasteiger partial charge < -0.3 is 10.6 Å². The minimum Gasteiger partial charge on any atom is -0.320 e. The van der Waals surface area contributed by atoms with E-state index in [0.717, 1.165) is 24.9 Å². The van der Waals surface area contributed by atoms with Gasteiger partial charge in [0.05, 0.1) is 0 Å². The third-order valence-electron chi connectivity index (χ3n) is 2.55. The highest BCUT2D eigenvalue weighted by Gasteiger charge is 2.12. The lowest BCUT2D eigenvalue weighted by atomic mass is 10.0. The van der Waals surface area contributed by atoms with Gasteiger partial charge in [0.15, 0.2) is 0 Å². The van der Waals surface area contributed by atoms with Crippen LogP contribution in [0.25, 0.3) is 0 Å². The first-order chi connectivity index (χ1) is 7.29. The van der Waals surface area contributed by atoms with Crippen LogP contribution in [-0.2, 0) is 0 Å². The van der Waals surface area contributed by atoms with E-state index in [0.29, 0.717) is 0 Å². The van der Waals surface area contributed by atoms with Crippen LogP contribution in [0.1, 0.15) is 24.4 Å². The molecule has 84 valence electrons. The Kier molecular flexibility index (Phi) is 5.29. The summed E-state index contributed by atoms with van der Waals surface area (Å²) >= 11 is 0. The van der Waals surface area contributed by atoms with E-state index in [1.54, 1.807) is 6.07 Å². The molecule has 1 aromatic rings. The average molecular weight is 210 g/mol. The number of nitrogens with one attached hydrogen (secondary N) is 2. The molecule has 0 aliphatic heterocycles. The fourth-order valence-corrected chi connectivity index (χ4v) is 1.70. The molecule has 0 radical (unpaired) electrons. The molecule has 0 spiro atoms. The zero-order chi connectivity index (χ0) is 11.1. The molecule has 0 bridgehead atoms. The Bertz CT molecular complexity index is 289. The van der Waals surface area contributed by atoms with Gasteiger partial charge in [0.2, 0.25) is 0 Å². The van der Waals surface area contributed by atoms with Gasteiger partial charge >= 0.3 is 0 Å². The van der Waals surface area contributed by atoms with E-state index in [1.807, 2.05) is 26.2 Å². The molecular weight excluding hydrogens is 191 g/mol. The van der Waals surface area contributed by atoms with Gasteiger partial charge in [-0.3, -0.25) is 0 Å². The van der Waals surface area contributed by atoms with Crippen LogP contribution in [0.2, 0.25) is 0 Å². The molecule has 0 fully saturated rings. The number of rotatable bonds is 6. The first kappa shape index (κ1) is 12.1. The number of benzene rings is 1. The second-order valence-electron chi connectivity index (χ2n) is 3.61. The molecule has 1 aromatic carbocycles. The van der Waals surface area contributed by atoms with E-state index < -0.39 is 0 Å². The van der Waals surface area contributed by atoms with Gasteiger partial charge in [-0.15, -0.1) is 0 Å². The van der Waals surface area contributed by atoms with Gasteiger partial charge in [0.25, 0.3) is 0 Å². The Balaban J connectivity index is 2.61. The lowest BCUT2D eigenvalue weighted by Gasteiger charge is -2.17. The average Bonchev–Trinajstić information content (AvgIpc) is 2.26. The number of hydrogen-bond acceptors (Lipinski definition) is 2. The topological polar surface area (TPSA) is 24.1 Å². The molecule has 3 heteroatoms. The largest absolute Gasteiger partial charge is 0.320 e. The second-order valence-corrected chi connectivity index (χ2v) is 3.61. The van der Waals surface area contributed by atoms with Crippen LogP contribution in [0.4, 0.5) is 4.39 Å². The highest BCUT2D eigenvalue weighted by Crippen LogP contribution is 2.20. The third kappa shape index (κ3) is 3.61. The maximum absolute atomic E-state index is 13.5. The molecule has 0 saturated carbocycles. The van der Waals surface area contributed by atoms with Crippen molar-refractivity contribution < 1.29 is 4.39 Å². The molecule has 15 heavy (non-hydrogen) atoms. The lowest BCUT2D eigenvalue weighted by Crippen LogP contribution is -2.19. The van der Waals surface area contributed by atoms with Crippen LogP contribution in [0, 0.1) is 5.82 Å². The van der Waals surface area contributed by atoms with Gasteiger partial charge in [-0.25, -0.2) is 4.39 Å². The van der Waals surface area contributed by atoms with Crippen LogP contribution in [-0.4, -0.2) is 20.6 Å². The highest BCUT2D eigenvalue weighted by atomic mass is 19.1. The van der Waals surface area contributed by atoms with E-state index in [2.05, 4.69) is 10.6 Å². The summed E-state index contributed by atoms with van der Waals surface area (Å²) in [5, 5.41) is 6.24. The summed E-state index contributed by atoms with van der Waals surface area (Å²) in [6, 6.07) is 7.06. The first-order valence-corrected chi connectivity index (χ1v) is 5.36. The molecule has 0 aliphatic rings. The molecule has 0 heterocycles. The van der Waals surface area contributed by atoms with Crippen molar-refractivity contribution in [2.24, 2.45) is 0 Å². The highest BCUT2D eigenvalue weighted by molar-refractivity contribution is 5.20. The maximum Gasteiger partial charge on any atom is 0.127 e. The van der Waals surface area contributed by atoms with Gasteiger partial charge in [-0.1, -0.05) is 18.2 Å². The van der Waals surface area contributed by atoms with E-state index >= 15 is 0 Å². The van der Waals surface area contributed by atoms with Crippen molar-refractivity contribution in [3.05, 3.63) is 35.6 Å². The van der Waals surface area contributed by atoms with Crippen molar-refractivity contribution in [2.45, 2.75) is 18.9 Å². The van der Waals surface area contributed by atoms with Crippen molar-refractivity contribution in [2.75, 3.05) is 20.6 Å². The Morgan fingerprint density at radius 3 is 2.60 bits per heavy atom. The molecule has 0 amide bonds. The van der Waals surface area contributed by atoms with Crippen molar-refractivity contribution in [3.63, 3.8) is 0 Å². The number of halogens is 1. The zero-order valence-corrected chi connectivity index (χ0v) is 9.39. The van der Waals surface area contributed by atoms with Crippen molar-refractivity contribution in [1.29, 1.82) is 0 Å². The minimum atomic E-state index is -0.124. The van der Waals surface area contributed by atoms with Gasteiger partial charge in [-0.2, -0.15) is 0 Å². The summed E-state index contributed by atoms with van der Waals surface area (Å²) in [5.74, 6) is -0.124. The maximum atomic E-state index is 13.5. The fourth-order valence-electron chi connectivity index (χ4n) is 1.70. The molecule has 1 atom stereocenters. The standard InChI is InChI=1S/C12H19FN2/c1-14-9-5-8-12(15-2)10-6-3-4-7-11(10)13/h3-4,6-7,12,14-15H,5,8-9H2,1-2H3. The Morgan fingerprint density at radius 1 is 1.27 bits per heavy atom. The predicted molar refractivity (Wildman–Crippen MR) is 61.4 cm³/mol. The van der Waals surface area contributed by atoms with Crippen molar-refractivity contribution in [3.8, 4) is 0 Å². The quantitative estimate of drug-likeness (QED) is 0.702. The van der Waals surface area contributed by atoms with Crippen LogP contribution in [0.3, 0.4) is 0 Å². The summed E-state index contributed by atoms with van der Waals surface area (Å²) in [4.78, 5) is 0. The Labute approximate surface area is 90.9 Å². The Morgan fingerprint density at radius 2 is 2.00 bits per heavy atom. The SMILES string of the molecule is CNCCCC(NC)c1ccccc1F. The van der Waals surface area contributed by atoms with E-state index in [-0.39, 0.29) is 11.9 Å². The summed E-state index contributed by atoms with van der Waals surface area (Å²) in [6.07, 6.45) is 1.98. The molecule has 1 unspecified atom stereocenters. The molecular formula is C12H19FN2. The van der Waals surface area contributed by atoms with Gasteiger partial charge in [0, 0.05) is 11.6 Å². The number of hydrogen-bond donors (Lipinski definition) is 2. The Hall–Kier alpha value is -0.930. The zero-order valence-electron chi connectivity index (χ0n) is 9.39. The molecule has 2 nitrogen and oxygen atoms in total. The normalized spacial score (nSPS) is 12.7. The summed E-state index contributed by atoms with van der Waals surface area (Å²) in [6.45, 7) is 0.965. The monoisotopic (exact) mass is 210 g/mol. The smallest absolute Gasteiger partial charge is 0.127 e. The van der Waals surface area contributed by atoms with E-state index in [1.165, 1.54) is 6.07 Å². The molecule has 2 N–H and O–H groups in total. The van der Waals surface area contributed by atoms with Crippen LogP contribution >= 0.6 is 0 Å². The van der Waals surface area contributed by atoms with Crippen LogP contribution in [0.15, 0.2) is 24.3 Å². The second kappa shape index (κ2) is 6.53. The van der Waals surface area contributed by atoms with Crippen molar-refractivity contribution in [1.82, 2.24) is 10.6 Å². The van der Waals surface area contributed by atoms with E-state index in [4.69, 9.17) is 0 Å². The minimum absolute atomic E-state index is 0.111.